The fourth-order valence-corrected chi connectivity index (χ4v) is 3.87. The van der Waals surface area contributed by atoms with E-state index in [2.05, 4.69) is 15.3 Å². The summed E-state index contributed by atoms with van der Waals surface area (Å²) in [6.45, 7) is 5.12. The molecule has 1 atom stereocenters. The molecule has 2 amide bonds. The number of hydrogen-bond donors (Lipinski definition) is 1. The molecule has 1 unspecified atom stereocenters. The lowest BCUT2D eigenvalue weighted by Gasteiger charge is -2.17. The number of aryl methyl sites for hydroxylation is 2. The number of urea groups is 1. The number of rotatable bonds is 4. The topological polar surface area (TPSA) is 92.3 Å². The number of nitrogens with one attached hydrogen (secondary N) is 1. The van der Waals surface area contributed by atoms with Gasteiger partial charge >= 0.3 is 6.03 Å². The monoisotopic (exact) mass is 326 g/mol. The summed E-state index contributed by atoms with van der Waals surface area (Å²) in [5.74, 6) is 0.851. The Morgan fingerprint density at radius 1 is 1.41 bits per heavy atom. The molecule has 1 saturated heterocycles. The fourth-order valence-electron chi connectivity index (χ4n) is 2.74. The molecule has 0 saturated carbocycles. The third-order valence-electron chi connectivity index (χ3n) is 3.55. The van der Waals surface area contributed by atoms with Crippen LogP contribution in [-0.2, 0) is 16.4 Å². The molecule has 122 valence electrons. The molecule has 1 fully saturated rings. The van der Waals surface area contributed by atoms with Gasteiger partial charge in [-0.3, -0.25) is 0 Å². The number of aromatic nitrogens is 2. The molecule has 1 aliphatic heterocycles. The van der Waals surface area contributed by atoms with E-state index in [1.807, 2.05) is 19.9 Å². The molecule has 7 nitrogen and oxygen atoms in total. The maximum Gasteiger partial charge on any atom is 0.317 e. The molecular formula is C14H22N4O3S. The highest BCUT2D eigenvalue weighted by Crippen LogP contribution is 2.17. The molecule has 2 rings (SSSR count). The van der Waals surface area contributed by atoms with Gasteiger partial charge in [-0.05, 0) is 32.3 Å². The van der Waals surface area contributed by atoms with Crippen molar-refractivity contribution in [2.24, 2.45) is 5.92 Å². The third kappa shape index (κ3) is 4.94. The molecule has 22 heavy (non-hydrogen) atoms. The van der Waals surface area contributed by atoms with Crippen LogP contribution in [0.1, 0.15) is 23.6 Å². The smallest absolute Gasteiger partial charge is 0.317 e. The SMILES string of the molecule is Cc1cc(CNC(=O)N2CCC(CS(C)(=O)=O)C2)nc(C)n1. The summed E-state index contributed by atoms with van der Waals surface area (Å²) in [6, 6.07) is 1.66. The second kappa shape index (κ2) is 6.60. The first-order valence-corrected chi connectivity index (χ1v) is 9.30. The number of carbonyl (C=O) groups is 1. The lowest BCUT2D eigenvalue weighted by Crippen LogP contribution is -2.38. The summed E-state index contributed by atoms with van der Waals surface area (Å²) in [5, 5.41) is 2.83. The average molecular weight is 326 g/mol. The van der Waals surface area contributed by atoms with Crippen LogP contribution in [-0.4, -0.2) is 54.4 Å². The van der Waals surface area contributed by atoms with Crippen molar-refractivity contribution >= 4 is 15.9 Å². The van der Waals surface area contributed by atoms with Crippen molar-refractivity contribution in [1.29, 1.82) is 0 Å². The minimum Gasteiger partial charge on any atom is -0.332 e. The second-order valence-corrected chi connectivity index (χ2v) is 8.08. The van der Waals surface area contributed by atoms with Crippen LogP contribution < -0.4 is 5.32 Å². The van der Waals surface area contributed by atoms with Crippen molar-refractivity contribution in [2.75, 3.05) is 25.1 Å². The Hall–Kier alpha value is -1.70. The molecule has 1 N–H and O–H groups in total. The highest BCUT2D eigenvalue weighted by molar-refractivity contribution is 7.90. The van der Waals surface area contributed by atoms with Gasteiger partial charge in [0.15, 0.2) is 0 Å². The van der Waals surface area contributed by atoms with Gasteiger partial charge in [-0.1, -0.05) is 0 Å². The van der Waals surface area contributed by atoms with E-state index in [1.54, 1.807) is 4.90 Å². The van der Waals surface area contributed by atoms with Crippen LogP contribution in [0, 0.1) is 19.8 Å². The highest BCUT2D eigenvalue weighted by Gasteiger charge is 2.28. The van der Waals surface area contributed by atoms with Crippen LogP contribution in [0.5, 0.6) is 0 Å². The van der Waals surface area contributed by atoms with Crippen molar-refractivity contribution in [3.05, 3.63) is 23.3 Å². The Bertz CT molecular complexity index is 640. The lowest BCUT2D eigenvalue weighted by molar-refractivity contribution is 0.207. The largest absolute Gasteiger partial charge is 0.332 e. The summed E-state index contributed by atoms with van der Waals surface area (Å²) >= 11 is 0. The van der Waals surface area contributed by atoms with E-state index in [4.69, 9.17) is 0 Å². The van der Waals surface area contributed by atoms with Crippen molar-refractivity contribution in [3.63, 3.8) is 0 Å². The quantitative estimate of drug-likeness (QED) is 0.878. The average Bonchev–Trinajstić information content (AvgIpc) is 2.81. The van der Waals surface area contributed by atoms with Gasteiger partial charge in [-0.2, -0.15) is 0 Å². The van der Waals surface area contributed by atoms with E-state index in [9.17, 15) is 13.2 Å². The van der Waals surface area contributed by atoms with Gasteiger partial charge in [0.25, 0.3) is 0 Å². The molecule has 8 heteroatoms. The molecule has 0 bridgehead atoms. The Labute approximate surface area is 131 Å². The molecule has 0 aromatic carbocycles. The van der Waals surface area contributed by atoms with Gasteiger partial charge in [0, 0.05) is 25.0 Å². The van der Waals surface area contributed by atoms with E-state index < -0.39 is 9.84 Å². The van der Waals surface area contributed by atoms with Gasteiger partial charge in [0.1, 0.15) is 15.7 Å². The van der Waals surface area contributed by atoms with Crippen LogP contribution in [0.2, 0.25) is 0 Å². The highest BCUT2D eigenvalue weighted by atomic mass is 32.2. The Kier molecular flexibility index (Phi) is 5.00. The molecule has 1 aromatic rings. The molecule has 0 aliphatic carbocycles. The predicted molar refractivity (Wildman–Crippen MR) is 83.1 cm³/mol. The molecular weight excluding hydrogens is 304 g/mol. The fraction of sp³-hybridized carbons (Fsp3) is 0.643. The van der Waals surface area contributed by atoms with Gasteiger partial charge in [-0.15, -0.1) is 0 Å². The minimum absolute atomic E-state index is 0.0317. The van der Waals surface area contributed by atoms with Gasteiger partial charge < -0.3 is 10.2 Å². The van der Waals surface area contributed by atoms with Crippen molar-refractivity contribution in [3.8, 4) is 0 Å². The summed E-state index contributed by atoms with van der Waals surface area (Å²) in [5.41, 5.74) is 1.64. The van der Waals surface area contributed by atoms with E-state index in [1.165, 1.54) is 6.26 Å². The zero-order chi connectivity index (χ0) is 16.3. The second-order valence-electron chi connectivity index (χ2n) is 5.90. The standard InChI is InChI=1S/C14H22N4O3S/c1-10-6-13(17-11(2)16-10)7-15-14(19)18-5-4-12(8-18)9-22(3,20)21/h6,12H,4-5,7-9H2,1-3H3,(H,15,19). The molecule has 0 radical (unpaired) electrons. The van der Waals surface area contributed by atoms with E-state index in [-0.39, 0.29) is 17.7 Å². The normalized spacial score (nSPS) is 18.5. The third-order valence-corrected chi connectivity index (χ3v) is 4.63. The van der Waals surface area contributed by atoms with Crippen LogP contribution >= 0.6 is 0 Å². The molecule has 1 aromatic heterocycles. The first-order chi connectivity index (χ1) is 10.2. The van der Waals surface area contributed by atoms with Crippen LogP contribution in [0.3, 0.4) is 0 Å². The van der Waals surface area contributed by atoms with E-state index in [0.29, 0.717) is 25.5 Å². The van der Waals surface area contributed by atoms with E-state index in [0.717, 1.165) is 17.8 Å². The maximum absolute atomic E-state index is 12.1. The Morgan fingerprint density at radius 2 is 2.14 bits per heavy atom. The van der Waals surface area contributed by atoms with Crippen LogP contribution in [0.4, 0.5) is 4.79 Å². The minimum atomic E-state index is -3.00. The summed E-state index contributed by atoms with van der Waals surface area (Å²) in [7, 11) is -3.00. The van der Waals surface area contributed by atoms with Crippen molar-refractivity contribution in [1.82, 2.24) is 20.2 Å². The lowest BCUT2D eigenvalue weighted by atomic mass is 10.2. The summed E-state index contributed by atoms with van der Waals surface area (Å²) < 4.78 is 22.6. The summed E-state index contributed by atoms with van der Waals surface area (Å²) in [6.07, 6.45) is 1.96. The van der Waals surface area contributed by atoms with Gasteiger partial charge in [0.05, 0.1) is 18.0 Å². The van der Waals surface area contributed by atoms with Crippen molar-refractivity contribution < 1.29 is 13.2 Å². The number of carbonyl (C=O) groups excluding carboxylic acids is 1. The first-order valence-electron chi connectivity index (χ1n) is 7.24. The molecule has 0 spiro atoms. The number of amides is 2. The number of hydrogen-bond acceptors (Lipinski definition) is 5. The zero-order valence-corrected chi connectivity index (χ0v) is 14.0. The van der Waals surface area contributed by atoms with Crippen LogP contribution in [0.15, 0.2) is 6.07 Å². The van der Waals surface area contributed by atoms with Gasteiger partial charge in [0.2, 0.25) is 0 Å². The van der Waals surface area contributed by atoms with Crippen LogP contribution in [0.25, 0.3) is 0 Å². The first kappa shape index (κ1) is 16.7. The zero-order valence-electron chi connectivity index (χ0n) is 13.2. The molecule has 2 heterocycles. The molecule has 1 aliphatic rings. The van der Waals surface area contributed by atoms with E-state index >= 15 is 0 Å². The van der Waals surface area contributed by atoms with Gasteiger partial charge in [-0.25, -0.2) is 23.2 Å². The summed E-state index contributed by atoms with van der Waals surface area (Å²) in [4.78, 5) is 22.2. The predicted octanol–water partition coefficient (Wildman–Crippen LogP) is 0.670. The number of nitrogens with zero attached hydrogens (tertiary/aromatic N) is 3. The number of likely N-dealkylation sites (tertiary alicyclic amines) is 1. The number of sulfone groups is 1. The Morgan fingerprint density at radius 3 is 2.77 bits per heavy atom. The maximum atomic E-state index is 12.1. The Balaban J connectivity index is 1.85. The van der Waals surface area contributed by atoms with Crippen molar-refractivity contribution in [2.45, 2.75) is 26.8 Å².